The third-order valence-corrected chi connectivity index (χ3v) is 4.02. The maximum absolute atomic E-state index is 11.1. The van der Waals surface area contributed by atoms with Gasteiger partial charge in [0.05, 0.1) is 5.75 Å². The van der Waals surface area contributed by atoms with Gasteiger partial charge in [-0.25, -0.2) is 13.1 Å². The van der Waals surface area contributed by atoms with Crippen LogP contribution in [0.2, 0.25) is 0 Å². The molecule has 1 aliphatic carbocycles. The molecule has 1 aliphatic rings. The molecule has 0 heterocycles. The molecule has 0 aromatic rings. The Morgan fingerprint density at radius 2 is 1.86 bits per heavy atom. The van der Waals surface area contributed by atoms with Gasteiger partial charge in [-0.2, -0.15) is 0 Å². The van der Waals surface area contributed by atoms with E-state index < -0.39 is 10.0 Å². The number of hydrogen-bond acceptors (Lipinski definition) is 3. The molecule has 4 nitrogen and oxygen atoms in total. The third-order valence-electron chi connectivity index (χ3n) is 2.62. The molecule has 2 N–H and O–H groups in total. The first-order chi connectivity index (χ1) is 6.64. The van der Waals surface area contributed by atoms with Crippen molar-refractivity contribution in [3.8, 4) is 0 Å². The van der Waals surface area contributed by atoms with Crippen LogP contribution in [0.25, 0.3) is 0 Å². The van der Waals surface area contributed by atoms with Gasteiger partial charge < -0.3 is 5.32 Å². The first kappa shape index (κ1) is 11.9. The van der Waals surface area contributed by atoms with E-state index in [1.807, 2.05) is 0 Å². The Morgan fingerprint density at radius 1 is 1.21 bits per heavy atom. The molecule has 0 atom stereocenters. The minimum Gasteiger partial charge on any atom is -0.313 e. The summed E-state index contributed by atoms with van der Waals surface area (Å²) in [6.07, 6.45) is 5.08. The summed E-state index contributed by atoms with van der Waals surface area (Å²) in [7, 11) is -3.01. The van der Waals surface area contributed by atoms with Crippen molar-refractivity contribution in [3.05, 3.63) is 0 Å². The Hall–Kier alpha value is -0.130. The molecule has 0 bridgehead atoms. The van der Waals surface area contributed by atoms with Gasteiger partial charge in [0, 0.05) is 19.1 Å². The first-order valence-corrected chi connectivity index (χ1v) is 7.00. The van der Waals surface area contributed by atoms with Crippen LogP contribution in [-0.4, -0.2) is 33.3 Å². The predicted molar refractivity (Wildman–Crippen MR) is 57.7 cm³/mol. The normalized spacial score (nSPS) is 18.9. The van der Waals surface area contributed by atoms with Crippen LogP contribution in [0.3, 0.4) is 0 Å². The molecule has 0 unspecified atom stereocenters. The van der Waals surface area contributed by atoms with Gasteiger partial charge in [-0.1, -0.05) is 12.8 Å². The van der Waals surface area contributed by atoms with Crippen LogP contribution in [0.4, 0.5) is 0 Å². The van der Waals surface area contributed by atoms with Crippen molar-refractivity contribution in [1.82, 2.24) is 10.0 Å². The van der Waals surface area contributed by atoms with Crippen LogP contribution in [-0.2, 0) is 10.0 Å². The molecule has 1 fully saturated rings. The van der Waals surface area contributed by atoms with E-state index in [1.54, 1.807) is 6.92 Å². The number of hydrogen-bond donors (Lipinski definition) is 2. The molecule has 1 saturated carbocycles. The van der Waals surface area contributed by atoms with Gasteiger partial charge in [-0.3, -0.25) is 0 Å². The highest BCUT2D eigenvalue weighted by molar-refractivity contribution is 7.89. The van der Waals surface area contributed by atoms with E-state index >= 15 is 0 Å². The van der Waals surface area contributed by atoms with Crippen molar-refractivity contribution in [2.75, 3.05) is 18.8 Å². The van der Waals surface area contributed by atoms with Gasteiger partial charge in [-0.05, 0) is 19.8 Å². The number of sulfonamides is 1. The Morgan fingerprint density at radius 3 is 2.43 bits per heavy atom. The summed E-state index contributed by atoms with van der Waals surface area (Å²) >= 11 is 0. The summed E-state index contributed by atoms with van der Waals surface area (Å²) in [5.74, 6) is 0.163. The molecule has 5 heteroatoms. The molecule has 14 heavy (non-hydrogen) atoms. The van der Waals surface area contributed by atoms with Crippen molar-refractivity contribution in [3.63, 3.8) is 0 Å². The van der Waals surface area contributed by atoms with Gasteiger partial charge in [0.2, 0.25) is 10.0 Å². The number of nitrogens with one attached hydrogen (secondary N) is 2. The van der Waals surface area contributed by atoms with Gasteiger partial charge in [-0.15, -0.1) is 0 Å². The summed E-state index contributed by atoms with van der Waals surface area (Å²) in [4.78, 5) is 0. The highest BCUT2D eigenvalue weighted by Crippen LogP contribution is 2.16. The minimum absolute atomic E-state index is 0.163. The predicted octanol–water partition coefficient (Wildman–Crippen LogP) is 0.458. The molecule has 0 saturated heterocycles. The quantitative estimate of drug-likeness (QED) is 0.639. The SMILES string of the molecule is CCS(=O)(=O)NCCNC1CCCC1. The largest absolute Gasteiger partial charge is 0.313 e. The highest BCUT2D eigenvalue weighted by Gasteiger charge is 2.13. The summed E-state index contributed by atoms with van der Waals surface area (Å²) in [5, 5.41) is 3.35. The molecule has 0 aromatic heterocycles. The summed E-state index contributed by atoms with van der Waals surface area (Å²) in [5.41, 5.74) is 0. The van der Waals surface area contributed by atoms with Crippen LogP contribution >= 0.6 is 0 Å². The van der Waals surface area contributed by atoms with Crippen LogP contribution < -0.4 is 10.0 Å². The third kappa shape index (κ3) is 4.39. The molecule has 0 amide bonds. The fourth-order valence-electron chi connectivity index (χ4n) is 1.71. The van der Waals surface area contributed by atoms with Crippen molar-refractivity contribution in [2.45, 2.75) is 38.6 Å². The highest BCUT2D eigenvalue weighted by atomic mass is 32.2. The summed E-state index contributed by atoms with van der Waals surface area (Å²) in [6, 6.07) is 0.612. The monoisotopic (exact) mass is 220 g/mol. The maximum atomic E-state index is 11.1. The average Bonchev–Trinajstić information content (AvgIpc) is 2.65. The van der Waals surface area contributed by atoms with Gasteiger partial charge in [0.1, 0.15) is 0 Å². The van der Waals surface area contributed by atoms with Crippen molar-refractivity contribution in [2.24, 2.45) is 0 Å². The van der Waals surface area contributed by atoms with Crippen LogP contribution in [0, 0.1) is 0 Å². The van der Waals surface area contributed by atoms with E-state index in [0.29, 0.717) is 12.6 Å². The lowest BCUT2D eigenvalue weighted by Gasteiger charge is -2.11. The van der Waals surface area contributed by atoms with E-state index in [4.69, 9.17) is 0 Å². The van der Waals surface area contributed by atoms with Crippen LogP contribution in [0.1, 0.15) is 32.6 Å². The molecule has 1 rings (SSSR count). The van der Waals surface area contributed by atoms with E-state index in [1.165, 1.54) is 25.7 Å². The van der Waals surface area contributed by atoms with Gasteiger partial charge >= 0.3 is 0 Å². The van der Waals surface area contributed by atoms with E-state index in [-0.39, 0.29) is 5.75 Å². The maximum Gasteiger partial charge on any atom is 0.211 e. The summed E-state index contributed by atoms with van der Waals surface area (Å²) < 4.78 is 24.7. The molecule has 0 aromatic carbocycles. The molecule has 0 spiro atoms. The minimum atomic E-state index is -3.01. The van der Waals surface area contributed by atoms with Crippen LogP contribution in [0.5, 0.6) is 0 Å². The Bertz CT molecular complexity index is 246. The summed E-state index contributed by atoms with van der Waals surface area (Å²) in [6.45, 7) is 2.89. The number of rotatable bonds is 6. The second-order valence-corrected chi connectivity index (χ2v) is 5.83. The second-order valence-electron chi connectivity index (χ2n) is 3.73. The molecular formula is C9H20N2O2S. The Kier molecular flexibility index (Phi) is 4.84. The van der Waals surface area contributed by atoms with Crippen molar-refractivity contribution in [1.29, 1.82) is 0 Å². The molecule has 84 valence electrons. The van der Waals surface area contributed by atoms with Gasteiger partial charge in [0.15, 0.2) is 0 Å². The fourth-order valence-corrected chi connectivity index (χ4v) is 2.33. The lowest BCUT2D eigenvalue weighted by molar-refractivity contribution is 0.520. The van der Waals surface area contributed by atoms with E-state index in [0.717, 1.165) is 6.54 Å². The zero-order valence-electron chi connectivity index (χ0n) is 8.75. The topological polar surface area (TPSA) is 58.2 Å². The fraction of sp³-hybridized carbons (Fsp3) is 1.00. The molecule has 0 aliphatic heterocycles. The second kappa shape index (κ2) is 5.68. The Balaban J connectivity index is 2.04. The first-order valence-electron chi connectivity index (χ1n) is 5.35. The lowest BCUT2D eigenvalue weighted by Crippen LogP contribution is -2.36. The average molecular weight is 220 g/mol. The Labute approximate surface area is 86.5 Å². The smallest absolute Gasteiger partial charge is 0.211 e. The zero-order chi connectivity index (χ0) is 10.4. The molecular weight excluding hydrogens is 200 g/mol. The molecule has 0 radical (unpaired) electrons. The van der Waals surface area contributed by atoms with Gasteiger partial charge in [0.25, 0.3) is 0 Å². The van der Waals surface area contributed by atoms with Crippen LogP contribution in [0.15, 0.2) is 0 Å². The lowest BCUT2D eigenvalue weighted by atomic mass is 10.2. The zero-order valence-corrected chi connectivity index (χ0v) is 9.57. The van der Waals surface area contributed by atoms with Crippen molar-refractivity contribution >= 4 is 10.0 Å². The van der Waals surface area contributed by atoms with Crippen molar-refractivity contribution < 1.29 is 8.42 Å². The standard InChI is InChI=1S/C9H20N2O2S/c1-2-14(12,13)11-8-7-10-9-5-3-4-6-9/h9-11H,2-8H2,1H3. The van der Waals surface area contributed by atoms with E-state index in [2.05, 4.69) is 10.0 Å². The van der Waals surface area contributed by atoms with E-state index in [9.17, 15) is 8.42 Å².